The molecule has 2 heterocycles. The van der Waals surface area contributed by atoms with Crippen molar-refractivity contribution >= 4 is 22.8 Å². The van der Waals surface area contributed by atoms with Crippen molar-refractivity contribution in [1.29, 1.82) is 0 Å². The average molecular weight is 243 g/mol. The van der Waals surface area contributed by atoms with E-state index in [1.165, 1.54) is 0 Å². The standard InChI is InChI=1S/C10H17N3O2S/c1-8(12-10-11-2-7-16-10)9(14)13-3-5-15-6-4-13/h8H,2-7H2,1H3,(H,11,12). The van der Waals surface area contributed by atoms with Gasteiger partial charge < -0.3 is 15.0 Å². The zero-order valence-electron chi connectivity index (χ0n) is 9.44. The number of aliphatic imine (C=N–C) groups is 1. The van der Waals surface area contributed by atoms with Gasteiger partial charge in [-0.15, -0.1) is 0 Å². The van der Waals surface area contributed by atoms with Crippen LogP contribution in [-0.2, 0) is 9.53 Å². The predicted octanol–water partition coefficient (Wildman–Crippen LogP) is -0.0739. The van der Waals surface area contributed by atoms with Gasteiger partial charge in [0.15, 0.2) is 5.17 Å². The van der Waals surface area contributed by atoms with Crippen LogP contribution in [0.2, 0.25) is 0 Å². The summed E-state index contributed by atoms with van der Waals surface area (Å²) in [5, 5.41) is 4.05. The van der Waals surface area contributed by atoms with Gasteiger partial charge in [0.25, 0.3) is 0 Å². The third kappa shape index (κ3) is 2.89. The summed E-state index contributed by atoms with van der Waals surface area (Å²) < 4.78 is 5.22. The van der Waals surface area contributed by atoms with Crippen molar-refractivity contribution in [3.05, 3.63) is 0 Å². The Hall–Kier alpha value is -0.750. The summed E-state index contributed by atoms with van der Waals surface area (Å²) in [6.45, 7) is 5.43. The summed E-state index contributed by atoms with van der Waals surface area (Å²) >= 11 is 1.68. The Morgan fingerprint density at radius 2 is 2.31 bits per heavy atom. The third-order valence-corrected chi connectivity index (χ3v) is 3.53. The van der Waals surface area contributed by atoms with Crippen LogP contribution in [0.4, 0.5) is 0 Å². The van der Waals surface area contributed by atoms with E-state index in [0.29, 0.717) is 26.3 Å². The molecule has 0 radical (unpaired) electrons. The summed E-state index contributed by atoms with van der Waals surface area (Å²) in [7, 11) is 0. The van der Waals surface area contributed by atoms with Gasteiger partial charge in [0.05, 0.1) is 19.8 Å². The third-order valence-electron chi connectivity index (χ3n) is 2.62. The zero-order chi connectivity index (χ0) is 11.4. The molecule has 1 amide bonds. The number of hydrogen-bond acceptors (Lipinski definition) is 5. The lowest BCUT2D eigenvalue weighted by atomic mass is 10.2. The number of nitrogens with zero attached hydrogens (tertiary/aromatic N) is 2. The molecule has 0 saturated carbocycles. The van der Waals surface area contributed by atoms with Crippen LogP contribution < -0.4 is 5.32 Å². The molecule has 6 heteroatoms. The van der Waals surface area contributed by atoms with E-state index in [2.05, 4.69) is 10.3 Å². The number of hydrogen-bond donors (Lipinski definition) is 1. The lowest BCUT2D eigenvalue weighted by Crippen LogP contribution is -2.50. The molecule has 0 spiro atoms. The number of amidine groups is 1. The molecule has 2 aliphatic rings. The summed E-state index contributed by atoms with van der Waals surface area (Å²) in [5.41, 5.74) is 0. The first-order valence-electron chi connectivity index (χ1n) is 5.57. The van der Waals surface area contributed by atoms with E-state index >= 15 is 0 Å². The first kappa shape index (κ1) is 11.7. The van der Waals surface area contributed by atoms with E-state index in [4.69, 9.17) is 4.74 Å². The van der Waals surface area contributed by atoms with Crippen molar-refractivity contribution < 1.29 is 9.53 Å². The van der Waals surface area contributed by atoms with Crippen LogP contribution in [0, 0.1) is 0 Å². The number of nitrogens with one attached hydrogen (secondary N) is 1. The van der Waals surface area contributed by atoms with Gasteiger partial charge in [0.2, 0.25) is 5.91 Å². The summed E-state index contributed by atoms with van der Waals surface area (Å²) in [5.74, 6) is 1.15. The van der Waals surface area contributed by atoms with Crippen molar-refractivity contribution in [2.45, 2.75) is 13.0 Å². The fraction of sp³-hybridized carbons (Fsp3) is 0.800. The molecule has 2 aliphatic heterocycles. The van der Waals surface area contributed by atoms with Gasteiger partial charge in [0, 0.05) is 18.8 Å². The molecule has 0 aromatic carbocycles. The van der Waals surface area contributed by atoms with Crippen molar-refractivity contribution in [3.63, 3.8) is 0 Å². The Kier molecular flexibility index (Phi) is 4.06. The second-order valence-corrected chi connectivity index (χ2v) is 4.92. The van der Waals surface area contributed by atoms with Gasteiger partial charge in [-0.05, 0) is 6.92 Å². The topological polar surface area (TPSA) is 53.9 Å². The molecular weight excluding hydrogens is 226 g/mol. The molecule has 2 rings (SSSR count). The molecule has 5 nitrogen and oxygen atoms in total. The summed E-state index contributed by atoms with van der Waals surface area (Å²) in [4.78, 5) is 18.2. The van der Waals surface area contributed by atoms with Gasteiger partial charge in [-0.1, -0.05) is 11.8 Å². The number of carbonyl (C=O) groups excluding carboxylic acids is 1. The van der Waals surface area contributed by atoms with Crippen molar-refractivity contribution in [3.8, 4) is 0 Å². The number of amides is 1. The molecule has 1 atom stereocenters. The van der Waals surface area contributed by atoms with Crippen LogP contribution in [-0.4, -0.2) is 60.6 Å². The summed E-state index contributed by atoms with van der Waals surface area (Å²) in [6, 6.07) is -0.192. The minimum atomic E-state index is -0.192. The van der Waals surface area contributed by atoms with Crippen LogP contribution in [0.5, 0.6) is 0 Å². The van der Waals surface area contributed by atoms with Crippen LogP contribution >= 0.6 is 11.8 Å². The molecule has 0 aliphatic carbocycles. The lowest BCUT2D eigenvalue weighted by molar-refractivity contribution is -0.136. The highest BCUT2D eigenvalue weighted by atomic mass is 32.2. The highest BCUT2D eigenvalue weighted by Crippen LogP contribution is 2.10. The number of rotatable bonds is 2. The maximum Gasteiger partial charge on any atom is 0.244 e. The molecule has 1 unspecified atom stereocenters. The van der Waals surface area contributed by atoms with Crippen molar-refractivity contribution in [2.75, 3.05) is 38.6 Å². The SMILES string of the molecule is CC(NC1=NCCS1)C(=O)N1CCOCC1. The van der Waals surface area contributed by atoms with E-state index < -0.39 is 0 Å². The van der Waals surface area contributed by atoms with Gasteiger partial charge in [-0.25, -0.2) is 0 Å². The first-order chi connectivity index (χ1) is 7.77. The maximum absolute atomic E-state index is 12.0. The molecular formula is C10H17N3O2S. The van der Waals surface area contributed by atoms with Crippen molar-refractivity contribution in [2.24, 2.45) is 4.99 Å². The van der Waals surface area contributed by atoms with E-state index in [-0.39, 0.29) is 11.9 Å². The molecule has 0 aromatic rings. The Morgan fingerprint density at radius 3 is 2.94 bits per heavy atom. The molecule has 1 N–H and O–H groups in total. The monoisotopic (exact) mass is 243 g/mol. The first-order valence-corrected chi connectivity index (χ1v) is 6.56. The normalized spacial score (nSPS) is 22.8. The fourth-order valence-electron chi connectivity index (χ4n) is 1.73. The molecule has 90 valence electrons. The number of morpholine rings is 1. The van der Waals surface area contributed by atoms with Gasteiger partial charge in [0.1, 0.15) is 6.04 Å². The predicted molar refractivity (Wildman–Crippen MR) is 64.8 cm³/mol. The second kappa shape index (κ2) is 5.54. The minimum Gasteiger partial charge on any atom is -0.378 e. The number of carbonyl (C=O) groups is 1. The van der Waals surface area contributed by atoms with Crippen LogP contribution in [0.3, 0.4) is 0 Å². The van der Waals surface area contributed by atoms with Gasteiger partial charge in [-0.3, -0.25) is 9.79 Å². The number of thioether (sulfide) groups is 1. The quantitative estimate of drug-likeness (QED) is 0.737. The fourth-order valence-corrected chi connectivity index (χ4v) is 2.55. The molecule has 1 saturated heterocycles. The van der Waals surface area contributed by atoms with Crippen LogP contribution in [0.25, 0.3) is 0 Å². The second-order valence-electron chi connectivity index (χ2n) is 3.84. The Labute approximate surface area is 99.6 Å². The van der Waals surface area contributed by atoms with Crippen molar-refractivity contribution in [1.82, 2.24) is 10.2 Å². The maximum atomic E-state index is 12.0. The minimum absolute atomic E-state index is 0.138. The van der Waals surface area contributed by atoms with Gasteiger partial charge >= 0.3 is 0 Å². The zero-order valence-corrected chi connectivity index (χ0v) is 10.3. The lowest BCUT2D eigenvalue weighted by Gasteiger charge is -2.29. The van der Waals surface area contributed by atoms with E-state index in [0.717, 1.165) is 17.5 Å². The molecule has 0 aromatic heterocycles. The average Bonchev–Trinajstić information content (AvgIpc) is 2.82. The largest absolute Gasteiger partial charge is 0.378 e. The smallest absolute Gasteiger partial charge is 0.244 e. The van der Waals surface area contributed by atoms with Crippen LogP contribution in [0.15, 0.2) is 4.99 Å². The Morgan fingerprint density at radius 1 is 1.56 bits per heavy atom. The molecule has 0 bridgehead atoms. The van der Waals surface area contributed by atoms with E-state index in [1.54, 1.807) is 11.8 Å². The molecule has 16 heavy (non-hydrogen) atoms. The highest BCUT2D eigenvalue weighted by molar-refractivity contribution is 8.14. The number of ether oxygens (including phenoxy) is 1. The summed E-state index contributed by atoms with van der Waals surface area (Å²) in [6.07, 6.45) is 0. The van der Waals surface area contributed by atoms with Crippen LogP contribution in [0.1, 0.15) is 6.92 Å². The molecule has 1 fully saturated rings. The highest BCUT2D eigenvalue weighted by Gasteiger charge is 2.23. The Bertz CT molecular complexity index is 290. The van der Waals surface area contributed by atoms with E-state index in [1.807, 2.05) is 11.8 Å². The van der Waals surface area contributed by atoms with Gasteiger partial charge in [-0.2, -0.15) is 0 Å². The van der Waals surface area contributed by atoms with E-state index in [9.17, 15) is 4.79 Å². The Balaban J connectivity index is 1.83.